The third-order valence-corrected chi connectivity index (χ3v) is 5.23. The number of nitrogens with zero attached hydrogens (tertiary/aromatic N) is 4. The summed E-state index contributed by atoms with van der Waals surface area (Å²) >= 11 is 0. The second-order valence-electron chi connectivity index (χ2n) is 7.59. The minimum atomic E-state index is -0.170. The molecular formula is C25H48N4O2. The van der Waals surface area contributed by atoms with Gasteiger partial charge in [0.25, 0.3) is 0 Å². The van der Waals surface area contributed by atoms with Gasteiger partial charge in [-0.1, -0.05) is 40.7 Å². The Labute approximate surface area is 191 Å². The lowest BCUT2D eigenvalue weighted by Crippen LogP contribution is -2.44. The Bertz CT molecular complexity index is 561. The van der Waals surface area contributed by atoms with Gasteiger partial charge in [0.15, 0.2) is 0 Å². The van der Waals surface area contributed by atoms with E-state index >= 15 is 0 Å². The lowest BCUT2D eigenvalue weighted by Gasteiger charge is -2.38. The highest BCUT2D eigenvalue weighted by atomic mass is 16.2. The lowest BCUT2D eigenvalue weighted by atomic mass is 9.93. The molecule has 31 heavy (non-hydrogen) atoms. The standard InChI is InChI=1S/C20H32N4O.2C2H6.CH4O/c1-5-10-20(3,4)24(16-25)12-9-18-8-7-11-23(15-18)19-21-13-17(6-2)14-22-19;3*1-2/h5,13-14,16,18H,1,6-12,15H2,2-4H3;2*1-2H3;2H,1H3. The summed E-state index contributed by atoms with van der Waals surface area (Å²) in [6.45, 7) is 20.9. The predicted molar refractivity (Wildman–Crippen MR) is 133 cm³/mol. The number of amides is 1. The minimum absolute atomic E-state index is 0.170. The van der Waals surface area contributed by atoms with Crippen LogP contribution in [0.25, 0.3) is 0 Å². The van der Waals surface area contributed by atoms with Crippen molar-refractivity contribution < 1.29 is 9.90 Å². The maximum absolute atomic E-state index is 11.5. The van der Waals surface area contributed by atoms with Crippen LogP contribution in [0.1, 0.15) is 79.7 Å². The molecule has 0 spiro atoms. The van der Waals surface area contributed by atoms with Gasteiger partial charge in [0.2, 0.25) is 12.4 Å². The van der Waals surface area contributed by atoms with Gasteiger partial charge in [-0.15, -0.1) is 6.58 Å². The van der Waals surface area contributed by atoms with Crippen molar-refractivity contribution in [1.82, 2.24) is 14.9 Å². The third-order valence-electron chi connectivity index (χ3n) is 5.23. The zero-order valence-electron chi connectivity index (χ0n) is 21.4. The molecule has 1 saturated heterocycles. The van der Waals surface area contributed by atoms with Crippen LogP contribution >= 0.6 is 0 Å². The van der Waals surface area contributed by atoms with E-state index in [1.54, 1.807) is 0 Å². The molecule has 1 unspecified atom stereocenters. The number of anilines is 1. The first-order valence-electron chi connectivity index (χ1n) is 11.8. The normalized spacial score (nSPS) is 15.1. The van der Waals surface area contributed by atoms with Crippen molar-refractivity contribution in [2.75, 3.05) is 31.6 Å². The number of rotatable bonds is 9. The molecular weight excluding hydrogens is 388 g/mol. The molecule has 1 aromatic heterocycles. The fourth-order valence-electron chi connectivity index (χ4n) is 3.47. The Morgan fingerprint density at radius 1 is 1.23 bits per heavy atom. The predicted octanol–water partition coefficient (Wildman–Crippen LogP) is 5.12. The first-order chi connectivity index (χ1) is 15.0. The summed E-state index contributed by atoms with van der Waals surface area (Å²) in [6, 6.07) is 0. The van der Waals surface area contributed by atoms with Gasteiger partial charge in [-0.05, 0) is 57.4 Å². The zero-order valence-corrected chi connectivity index (χ0v) is 21.4. The van der Waals surface area contributed by atoms with Crippen LogP contribution in [0, 0.1) is 5.92 Å². The van der Waals surface area contributed by atoms with Crippen LogP contribution < -0.4 is 4.90 Å². The van der Waals surface area contributed by atoms with E-state index in [9.17, 15) is 4.79 Å². The first-order valence-corrected chi connectivity index (χ1v) is 11.8. The highest BCUT2D eigenvalue weighted by Gasteiger charge is 2.27. The molecule has 1 aliphatic rings. The Morgan fingerprint density at radius 2 is 1.81 bits per heavy atom. The molecule has 2 heterocycles. The smallest absolute Gasteiger partial charge is 0.225 e. The Morgan fingerprint density at radius 3 is 2.29 bits per heavy atom. The van der Waals surface area contributed by atoms with Crippen LogP contribution in [0.4, 0.5) is 5.95 Å². The number of aliphatic hydroxyl groups is 1. The molecule has 0 radical (unpaired) electrons. The summed E-state index contributed by atoms with van der Waals surface area (Å²) in [4.78, 5) is 24.7. The number of carbonyl (C=O) groups is 1. The van der Waals surface area contributed by atoms with Gasteiger partial charge in [0.05, 0.1) is 0 Å². The van der Waals surface area contributed by atoms with E-state index in [0.717, 1.165) is 64.8 Å². The largest absolute Gasteiger partial charge is 0.400 e. The third kappa shape index (κ3) is 11.3. The average molecular weight is 437 g/mol. The van der Waals surface area contributed by atoms with Crippen LogP contribution in [0.2, 0.25) is 0 Å². The lowest BCUT2D eigenvalue weighted by molar-refractivity contribution is -0.123. The number of aliphatic hydroxyl groups excluding tert-OH is 1. The summed E-state index contributed by atoms with van der Waals surface area (Å²) in [6.07, 6.45) is 11.9. The van der Waals surface area contributed by atoms with E-state index in [0.29, 0.717) is 5.92 Å². The maximum Gasteiger partial charge on any atom is 0.225 e. The van der Waals surface area contributed by atoms with Gasteiger partial charge in [0.1, 0.15) is 0 Å². The Balaban J connectivity index is 0. The topological polar surface area (TPSA) is 69.6 Å². The molecule has 1 aromatic rings. The first kappa shape index (κ1) is 31.2. The van der Waals surface area contributed by atoms with Gasteiger partial charge in [-0.2, -0.15) is 0 Å². The number of hydrogen-bond acceptors (Lipinski definition) is 5. The van der Waals surface area contributed by atoms with Crippen LogP contribution in [0.15, 0.2) is 25.0 Å². The number of hydrogen-bond donors (Lipinski definition) is 1. The SMILES string of the molecule is C=CCC(C)(C)N(C=O)CCC1CCCN(c2ncc(CC)cn2)C1.CC.CC.CO. The Hall–Kier alpha value is -1.95. The molecule has 0 aliphatic carbocycles. The van der Waals surface area contributed by atoms with Gasteiger partial charge >= 0.3 is 0 Å². The van der Waals surface area contributed by atoms with E-state index in [1.165, 1.54) is 12.0 Å². The van der Waals surface area contributed by atoms with E-state index in [4.69, 9.17) is 5.11 Å². The molecule has 1 fully saturated rings. The van der Waals surface area contributed by atoms with E-state index in [1.807, 2.05) is 51.1 Å². The second kappa shape index (κ2) is 18.8. The fraction of sp³-hybridized carbons (Fsp3) is 0.720. The van der Waals surface area contributed by atoms with Crippen molar-refractivity contribution in [1.29, 1.82) is 0 Å². The Kier molecular flexibility index (Phi) is 18.9. The summed E-state index contributed by atoms with van der Waals surface area (Å²) in [7, 11) is 1.00. The van der Waals surface area contributed by atoms with E-state index in [2.05, 4.69) is 42.2 Å². The molecule has 1 atom stereocenters. The van der Waals surface area contributed by atoms with E-state index < -0.39 is 0 Å². The fourth-order valence-corrected chi connectivity index (χ4v) is 3.47. The average Bonchev–Trinajstić information content (AvgIpc) is 2.83. The number of piperidine rings is 1. The highest BCUT2D eigenvalue weighted by Crippen LogP contribution is 2.25. The molecule has 1 aliphatic heterocycles. The summed E-state index contributed by atoms with van der Waals surface area (Å²) < 4.78 is 0. The molecule has 0 bridgehead atoms. The van der Waals surface area contributed by atoms with Crippen molar-refractivity contribution in [3.8, 4) is 0 Å². The second-order valence-corrected chi connectivity index (χ2v) is 7.59. The molecule has 0 saturated carbocycles. The van der Waals surface area contributed by atoms with Crippen LogP contribution in [0.3, 0.4) is 0 Å². The summed E-state index contributed by atoms with van der Waals surface area (Å²) in [5, 5.41) is 7.00. The van der Waals surface area contributed by atoms with Crippen LogP contribution in [0.5, 0.6) is 0 Å². The zero-order chi connectivity index (χ0) is 24.3. The molecule has 2 rings (SSSR count). The molecule has 6 heteroatoms. The van der Waals surface area contributed by atoms with Gasteiger partial charge < -0.3 is 14.9 Å². The van der Waals surface area contributed by atoms with Crippen molar-refractivity contribution in [3.05, 3.63) is 30.6 Å². The molecule has 1 amide bonds. The summed E-state index contributed by atoms with van der Waals surface area (Å²) in [5.74, 6) is 1.41. The number of aryl methyl sites for hydroxylation is 1. The van der Waals surface area contributed by atoms with Crippen molar-refractivity contribution in [3.63, 3.8) is 0 Å². The molecule has 1 N–H and O–H groups in total. The summed E-state index contributed by atoms with van der Waals surface area (Å²) in [5.41, 5.74) is 1.00. The van der Waals surface area contributed by atoms with E-state index in [-0.39, 0.29) is 5.54 Å². The minimum Gasteiger partial charge on any atom is -0.400 e. The van der Waals surface area contributed by atoms with Crippen molar-refractivity contribution in [2.24, 2.45) is 5.92 Å². The quantitative estimate of drug-likeness (QED) is 0.430. The molecule has 180 valence electrons. The van der Waals surface area contributed by atoms with Crippen molar-refractivity contribution in [2.45, 2.75) is 86.1 Å². The van der Waals surface area contributed by atoms with Gasteiger partial charge in [-0.3, -0.25) is 4.79 Å². The van der Waals surface area contributed by atoms with Gasteiger partial charge in [-0.25, -0.2) is 9.97 Å². The number of aromatic nitrogens is 2. The van der Waals surface area contributed by atoms with Crippen LogP contribution in [-0.4, -0.2) is 58.7 Å². The van der Waals surface area contributed by atoms with Gasteiger partial charge in [0, 0.05) is 44.7 Å². The van der Waals surface area contributed by atoms with Crippen LogP contribution in [-0.2, 0) is 11.2 Å². The highest BCUT2D eigenvalue weighted by molar-refractivity contribution is 5.48. The monoisotopic (exact) mass is 436 g/mol. The van der Waals surface area contributed by atoms with Crippen molar-refractivity contribution >= 4 is 12.4 Å². The number of carbonyl (C=O) groups excluding carboxylic acids is 1. The molecule has 6 nitrogen and oxygen atoms in total. The maximum atomic E-state index is 11.5. The molecule has 0 aromatic carbocycles.